The van der Waals surface area contributed by atoms with E-state index in [0.29, 0.717) is 0 Å². The van der Waals surface area contributed by atoms with Crippen LogP contribution in [0.25, 0.3) is 0 Å². The van der Waals surface area contributed by atoms with Gasteiger partial charge in [-0.2, -0.15) is 0 Å². The van der Waals surface area contributed by atoms with Crippen molar-refractivity contribution in [2.45, 2.75) is 51.0 Å². The van der Waals surface area contributed by atoms with E-state index < -0.39 is 0 Å². The molecule has 1 atom stereocenters. The van der Waals surface area contributed by atoms with Crippen molar-refractivity contribution < 1.29 is 0 Å². The molecule has 1 aromatic rings. The Labute approximate surface area is 118 Å². The molecule has 0 aromatic heterocycles. The molecule has 2 N–H and O–H groups in total. The monoisotopic (exact) mass is 260 g/mol. The third-order valence-electron chi connectivity index (χ3n) is 4.17. The number of nitrogens with zero attached hydrogens (tertiary/aromatic N) is 1. The van der Waals surface area contributed by atoms with Crippen LogP contribution in [0.5, 0.6) is 0 Å². The summed E-state index contributed by atoms with van der Waals surface area (Å²) in [6.45, 7) is 3.81. The van der Waals surface area contributed by atoms with E-state index in [1.807, 2.05) is 0 Å². The summed E-state index contributed by atoms with van der Waals surface area (Å²) in [7, 11) is 0. The van der Waals surface area contributed by atoms with Gasteiger partial charge in [0.2, 0.25) is 0 Å². The molecule has 0 amide bonds. The van der Waals surface area contributed by atoms with Gasteiger partial charge in [-0.05, 0) is 50.9 Å². The van der Waals surface area contributed by atoms with Crippen LogP contribution in [0.2, 0.25) is 0 Å². The molecule has 0 spiro atoms. The lowest BCUT2D eigenvalue weighted by atomic mass is 10.0. The molecule has 1 fully saturated rings. The van der Waals surface area contributed by atoms with Gasteiger partial charge < -0.3 is 10.6 Å². The minimum Gasteiger partial charge on any atom is -0.324 e. The second-order valence-corrected chi connectivity index (χ2v) is 5.77. The van der Waals surface area contributed by atoms with Crippen LogP contribution in [0.4, 0.5) is 0 Å². The fourth-order valence-electron chi connectivity index (χ4n) is 2.94. The Morgan fingerprint density at radius 2 is 1.58 bits per heavy atom. The molecular formula is C17H28N2. The molecule has 2 nitrogen and oxygen atoms in total. The molecule has 0 bridgehead atoms. The summed E-state index contributed by atoms with van der Waals surface area (Å²) in [6, 6.07) is 10.7. The highest BCUT2D eigenvalue weighted by Crippen LogP contribution is 2.16. The predicted molar refractivity (Wildman–Crippen MR) is 82.1 cm³/mol. The highest BCUT2D eigenvalue weighted by atomic mass is 15.1. The summed E-state index contributed by atoms with van der Waals surface area (Å²) in [5, 5.41) is 0. The Morgan fingerprint density at radius 1 is 0.947 bits per heavy atom. The minimum atomic E-state index is 0.205. The molecule has 0 radical (unpaired) electrons. The van der Waals surface area contributed by atoms with E-state index in [9.17, 15) is 0 Å². The molecule has 1 aliphatic heterocycles. The van der Waals surface area contributed by atoms with Gasteiger partial charge >= 0.3 is 0 Å². The van der Waals surface area contributed by atoms with Gasteiger partial charge in [-0.25, -0.2) is 0 Å². The first kappa shape index (κ1) is 14.5. The van der Waals surface area contributed by atoms with E-state index >= 15 is 0 Å². The second kappa shape index (κ2) is 8.34. The van der Waals surface area contributed by atoms with E-state index in [2.05, 4.69) is 35.2 Å². The third-order valence-corrected chi connectivity index (χ3v) is 4.17. The number of rotatable bonds is 5. The average Bonchev–Trinajstić information content (AvgIpc) is 2.42. The van der Waals surface area contributed by atoms with Gasteiger partial charge in [0.05, 0.1) is 0 Å². The first-order chi connectivity index (χ1) is 9.36. The largest absolute Gasteiger partial charge is 0.324 e. The van der Waals surface area contributed by atoms with E-state index in [1.54, 1.807) is 0 Å². The number of hydrogen-bond donors (Lipinski definition) is 1. The maximum Gasteiger partial charge on any atom is 0.0295 e. The molecule has 1 aliphatic rings. The van der Waals surface area contributed by atoms with Crippen molar-refractivity contribution >= 4 is 0 Å². The fourth-order valence-corrected chi connectivity index (χ4v) is 2.94. The Kier molecular flexibility index (Phi) is 6.38. The number of benzene rings is 1. The van der Waals surface area contributed by atoms with Crippen LogP contribution in [0.15, 0.2) is 30.3 Å². The van der Waals surface area contributed by atoms with Crippen molar-refractivity contribution in [3.63, 3.8) is 0 Å². The molecular weight excluding hydrogens is 232 g/mol. The van der Waals surface area contributed by atoms with Crippen LogP contribution in [0.3, 0.4) is 0 Å². The van der Waals surface area contributed by atoms with Crippen molar-refractivity contribution in [3.05, 3.63) is 35.9 Å². The zero-order valence-electron chi connectivity index (χ0n) is 12.1. The standard InChI is InChI=1S/C17H28N2/c18-17(16-10-5-4-6-11-16)12-9-15-19-13-7-2-1-3-8-14-19/h4-6,10-11,17H,1-3,7-9,12-15,18H2. The molecule has 1 saturated heterocycles. The summed E-state index contributed by atoms with van der Waals surface area (Å²) in [5.41, 5.74) is 7.52. The second-order valence-electron chi connectivity index (χ2n) is 5.77. The van der Waals surface area contributed by atoms with Crippen molar-refractivity contribution in [1.29, 1.82) is 0 Å². The maximum absolute atomic E-state index is 6.25. The summed E-state index contributed by atoms with van der Waals surface area (Å²) >= 11 is 0. The summed E-state index contributed by atoms with van der Waals surface area (Å²) in [6.07, 6.45) is 9.35. The van der Waals surface area contributed by atoms with Crippen LogP contribution < -0.4 is 5.73 Å². The first-order valence-electron chi connectivity index (χ1n) is 7.89. The summed E-state index contributed by atoms with van der Waals surface area (Å²) in [5.74, 6) is 0. The quantitative estimate of drug-likeness (QED) is 0.874. The van der Waals surface area contributed by atoms with Crippen LogP contribution in [-0.2, 0) is 0 Å². The van der Waals surface area contributed by atoms with Gasteiger partial charge in [-0.1, -0.05) is 49.6 Å². The lowest BCUT2D eigenvalue weighted by Gasteiger charge is -2.25. The number of likely N-dealkylation sites (tertiary alicyclic amines) is 1. The number of hydrogen-bond acceptors (Lipinski definition) is 2. The zero-order chi connectivity index (χ0) is 13.3. The smallest absolute Gasteiger partial charge is 0.0295 e. The lowest BCUT2D eigenvalue weighted by molar-refractivity contribution is 0.241. The molecule has 2 rings (SSSR count). The van der Waals surface area contributed by atoms with E-state index in [0.717, 1.165) is 6.42 Å². The summed E-state index contributed by atoms with van der Waals surface area (Å²) < 4.78 is 0. The maximum atomic E-state index is 6.25. The van der Waals surface area contributed by atoms with Gasteiger partial charge in [0.25, 0.3) is 0 Å². The molecule has 1 aromatic carbocycles. The van der Waals surface area contributed by atoms with Gasteiger partial charge in [0, 0.05) is 6.04 Å². The SMILES string of the molecule is NC(CCCN1CCCCCCC1)c1ccccc1. The fraction of sp³-hybridized carbons (Fsp3) is 0.647. The van der Waals surface area contributed by atoms with Gasteiger partial charge in [-0.3, -0.25) is 0 Å². The van der Waals surface area contributed by atoms with Gasteiger partial charge in [-0.15, -0.1) is 0 Å². The van der Waals surface area contributed by atoms with Crippen LogP contribution in [0, 0.1) is 0 Å². The molecule has 19 heavy (non-hydrogen) atoms. The molecule has 106 valence electrons. The van der Waals surface area contributed by atoms with Crippen LogP contribution in [0.1, 0.15) is 56.6 Å². The molecule has 1 unspecified atom stereocenters. The Balaban J connectivity index is 1.67. The predicted octanol–water partition coefficient (Wildman–Crippen LogP) is 3.73. The van der Waals surface area contributed by atoms with Crippen molar-refractivity contribution in [2.75, 3.05) is 19.6 Å². The first-order valence-corrected chi connectivity index (χ1v) is 7.89. The Morgan fingerprint density at radius 3 is 2.26 bits per heavy atom. The van der Waals surface area contributed by atoms with Crippen molar-refractivity contribution in [2.24, 2.45) is 5.73 Å². The molecule has 1 heterocycles. The highest BCUT2D eigenvalue weighted by molar-refractivity contribution is 5.18. The van der Waals surface area contributed by atoms with Crippen molar-refractivity contribution in [3.8, 4) is 0 Å². The van der Waals surface area contributed by atoms with Crippen LogP contribution in [-0.4, -0.2) is 24.5 Å². The topological polar surface area (TPSA) is 29.3 Å². The lowest BCUT2D eigenvalue weighted by Crippen LogP contribution is -2.29. The molecule has 0 saturated carbocycles. The minimum absolute atomic E-state index is 0.205. The number of nitrogens with two attached hydrogens (primary N) is 1. The normalized spacial score (nSPS) is 19.6. The average molecular weight is 260 g/mol. The van der Waals surface area contributed by atoms with E-state index in [-0.39, 0.29) is 6.04 Å². The summed E-state index contributed by atoms with van der Waals surface area (Å²) in [4.78, 5) is 2.64. The molecule has 0 aliphatic carbocycles. The zero-order valence-corrected chi connectivity index (χ0v) is 12.1. The van der Waals surface area contributed by atoms with E-state index in [4.69, 9.17) is 5.73 Å². The van der Waals surface area contributed by atoms with Gasteiger partial charge in [0.1, 0.15) is 0 Å². The Bertz CT molecular complexity index is 328. The van der Waals surface area contributed by atoms with Gasteiger partial charge in [0.15, 0.2) is 0 Å². The Hall–Kier alpha value is -0.860. The van der Waals surface area contributed by atoms with Crippen LogP contribution >= 0.6 is 0 Å². The molecule has 2 heteroatoms. The van der Waals surface area contributed by atoms with Crippen molar-refractivity contribution in [1.82, 2.24) is 4.90 Å². The highest BCUT2D eigenvalue weighted by Gasteiger charge is 2.09. The third kappa shape index (κ3) is 5.33. The van der Waals surface area contributed by atoms with E-state index in [1.165, 1.54) is 63.7 Å².